The maximum absolute atomic E-state index is 12.6. The van der Waals surface area contributed by atoms with Crippen molar-refractivity contribution in [3.8, 4) is 0 Å². The Bertz CT molecular complexity index is 1190. The summed E-state index contributed by atoms with van der Waals surface area (Å²) in [6, 6.07) is 10.8. The van der Waals surface area contributed by atoms with Crippen LogP contribution >= 0.6 is 0 Å². The molecular weight excluding hydrogens is 370 g/mol. The van der Waals surface area contributed by atoms with Crippen LogP contribution in [-0.4, -0.2) is 25.4 Å². The first-order valence-electron chi connectivity index (χ1n) is 8.38. The SMILES string of the molecule is Cn1c(=O)oc2cc(NS(=O)(=O)c3ccc(N4CCCC4=O)cc3)ccc21. The second kappa shape index (κ2) is 6.27. The van der Waals surface area contributed by atoms with Gasteiger partial charge in [0, 0.05) is 31.8 Å². The molecule has 1 aliphatic heterocycles. The topological polar surface area (TPSA) is 102 Å². The number of carbonyl (C=O) groups excluding carboxylic acids is 1. The smallest absolute Gasteiger partial charge is 0.408 e. The fourth-order valence-electron chi connectivity index (χ4n) is 3.14. The van der Waals surface area contributed by atoms with Gasteiger partial charge in [-0.1, -0.05) is 0 Å². The van der Waals surface area contributed by atoms with Crippen LogP contribution in [0.4, 0.5) is 11.4 Å². The molecule has 1 aliphatic rings. The molecule has 2 heterocycles. The number of oxazole rings is 1. The zero-order valence-corrected chi connectivity index (χ0v) is 15.3. The summed E-state index contributed by atoms with van der Waals surface area (Å²) >= 11 is 0. The number of hydrogen-bond donors (Lipinski definition) is 1. The third-order valence-corrected chi connectivity index (χ3v) is 5.97. The fraction of sp³-hybridized carbons (Fsp3) is 0.222. The number of sulfonamides is 1. The van der Waals surface area contributed by atoms with Crippen molar-refractivity contribution < 1.29 is 17.6 Å². The van der Waals surface area contributed by atoms with Gasteiger partial charge in [-0.3, -0.25) is 14.1 Å². The normalized spacial score (nSPS) is 14.9. The molecule has 8 nitrogen and oxygen atoms in total. The number of amides is 1. The minimum atomic E-state index is -3.82. The lowest BCUT2D eigenvalue weighted by Gasteiger charge is -2.16. The number of nitrogens with one attached hydrogen (secondary N) is 1. The van der Waals surface area contributed by atoms with Gasteiger partial charge in [0.25, 0.3) is 10.0 Å². The van der Waals surface area contributed by atoms with Gasteiger partial charge in [-0.2, -0.15) is 0 Å². The number of anilines is 2. The fourth-order valence-corrected chi connectivity index (χ4v) is 4.19. The van der Waals surface area contributed by atoms with Crippen molar-refractivity contribution in [1.82, 2.24) is 4.57 Å². The van der Waals surface area contributed by atoms with Gasteiger partial charge in [0.2, 0.25) is 5.91 Å². The Morgan fingerprint density at radius 2 is 1.81 bits per heavy atom. The lowest BCUT2D eigenvalue weighted by atomic mass is 10.3. The van der Waals surface area contributed by atoms with E-state index in [1.54, 1.807) is 36.2 Å². The van der Waals surface area contributed by atoms with E-state index in [4.69, 9.17) is 4.42 Å². The first-order valence-corrected chi connectivity index (χ1v) is 9.86. The van der Waals surface area contributed by atoms with Crippen LogP contribution in [0.2, 0.25) is 0 Å². The third-order valence-electron chi connectivity index (χ3n) is 4.58. The van der Waals surface area contributed by atoms with Crippen LogP contribution < -0.4 is 15.4 Å². The molecule has 0 bridgehead atoms. The van der Waals surface area contributed by atoms with Gasteiger partial charge in [-0.25, -0.2) is 13.2 Å². The Balaban J connectivity index is 1.59. The highest BCUT2D eigenvalue weighted by molar-refractivity contribution is 7.92. The van der Waals surface area contributed by atoms with Crippen molar-refractivity contribution in [2.75, 3.05) is 16.2 Å². The Morgan fingerprint density at radius 1 is 1.07 bits per heavy atom. The predicted octanol–water partition coefficient (Wildman–Crippen LogP) is 2.06. The molecule has 0 saturated carbocycles. The molecule has 1 saturated heterocycles. The first-order chi connectivity index (χ1) is 12.8. The molecule has 140 valence electrons. The van der Waals surface area contributed by atoms with Gasteiger partial charge in [-0.15, -0.1) is 0 Å². The van der Waals surface area contributed by atoms with Gasteiger partial charge >= 0.3 is 5.76 Å². The van der Waals surface area contributed by atoms with Crippen molar-refractivity contribution in [2.45, 2.75) is 17.7 Å². The summed E-state index contributed by atoms with van der Waals surface area (Å²) in [4.78, 5) is 25.1. The van der Waals surface area contributed by atoms with Crippen molar-refractivity contribution in [2.24, 2.45) is 7.05 Å². The van der Waals surface area contributed by atoms with Crippen LogP contribution in [-0.2, 0) is 21.9 Å². The van der Waals surface area contributed by atoms with E-state index in [0.29, 0.717) is 29.8 Å². The maximum atomic E-state index is 12.6. The van der Waals surface area contributed by atoms with E-state index in [1.165, 1.54) is 22.8 Å². The summed E-state index contributed by atoms with van der Waals surface area (Å²) in [5.41, 5.74) is 1.84. The molecular formula is C18H17N3O5S. The van der Waals surface area contributed by atoms with Crippen molar-refractivity contribution in [1.29, 1.82) is 0 Å². The maximum Gasteiger partial charge on any atom is 0.419 e. The summed E-state index contributed by atoms with van der Waals surface area (Å²) in [6.45, 7) is 0.644. The molecule has 0 unspecified atom stereocenters. The molecule has 0 radical (unpaired) electrons. The van der Waals surface area contributed by atoms with E-state index < -0.39 is 15.8 Å². The largest absolute Gasteiger partial charge is 0.419 e. The Kier molecular flexibility index (Phi) is 4.03. The first kappa shape index (κ1) is 17.3. The van der Waals surface area contributed by atoms with Crippen LogP contribution in [0.25, 0.3) is 11.1 Å². The zero-order valence-electron chi connectivity index (χ0n) is 14.5. The molecule has 1 fully saturated rings. The second-order valence-electron chi connectivity index (χ2n) is 6.36. The number of nitrogens with zero attached hydrogens (tertiary/aromatic N) is 2. The summed E-state index contributed by atoms with van der Waals surface area (Å²) in [5, 5.41) is 0. The number of fused-ring (bicyclic) bond motifs is 1. The molecule has 1 aromatic heterocycles. The lowest BCUT2D eigenvalue weighted by molar-refractivity contribution is -0.117. The zero-order chi connectivity index (χ0) is 19.2. The molecule has 3 aromatic rings. The molecule has 1 N–H and O–H groups in total. The molecule has 1 amide bonds. The number of carbonyl (C=O) groups is 1. The summed E-state index contributed by atoms with van der Waals surface area (Å²) in [6.07, 6.45) is 1.32. The van der Waals surface area contributed by atoms with E-state index in [-0.39, 0.29) is 16.5 Å². The molecule has 0 atom stereocenters. The summed E-state index contributed by atoms with van der Waals surface area (Å²) < 4.78 is 34.1. The number of hydrogen-bond acceptors (Lipinski definition) is 5. The van der Waals surface area contributed by atoms with Gasteiger partial charge in [0.05, 0.1) is 16.1 Å². The van der Waals surface area contributed by atoms with E-state index in [2.05, 4.69) is 4.72 Å². The predicted molar refractivity (Wildman–Crippen MR) is 100 cm³/mol. The van der Waals surface area contributed by atoms with Crippen molar-refractivity contribution in [3.63, 3.8) is 0 Å². The minimum absolute atomic E-state index is 0.0430. The average Bonchev–Trinajstić information content (AvgIpc) is 3.18. The average molecular weight is 387 g/mol. The Morgan fingerprint density at radius 3 is 2.48 bits per heavy atom. The highest BCUT2D eigenvalue weighted by atomic mass is 32.2. The highest BCUT2D eigenvalue weighted by Gasteiger charge is 2.22. The van der Waals surface area contributed by atoms with Gasteiger partial charge in [0.15, 0.2) is 5.58 Å². The van der Waals surface area contributed by atoms with Crippen LogP contribution in [0.1, 0.15) is 12.8 Å². The second-order valence-corrected chi connectivity index (χ2v) is 8.04. The van der Waals surface area contributed by atoms with Gasteiger partial charge in [-0.05, 0) is 42.8 Å². The molecule has 2 aromatic carbocycles. The van der Waals surface area contributed by atoms with Crippen LogP contribution in [0.3, 0.4) is 0 Å². The summed E-state index contributed by atoms with van der Waals surface area (Å²) in [7, 11) is -2.25. The molecule has 27 heavy (non-hydrogen) atoms. The molecule has 0 spiro atoms. The quantitative estimate of drug-likeness (QED) is 0.738. The monoisotopic (exact) mass is 387 g/mol. The summed E-state index contributed by atoms with van der Waals surface area (Å²) in [5.74, 6) is -0.474. The molecule has 9 heteroatoms. The Labute approximate surface area is 155 Å². The van der Waals surface area contributed by atoms with Crippen LogP contribution in [0, 0.1) is 0 Å². The van der Waals surface area contributed by atoms with Gasteiger partial charge in [0.1, 0.15) is 0 Å². The van der Waals surface area contributed by atoms with Crippen LogP contribution in [0.15, 0.2) is 56.6 Å². The molecule has 0 aliphatic carbocycles. The van der Waals surface area contributed by atoms with Crippen LogP contribution in [0.5, 0.6) is 0 Å². The number of rotatable bonds is 4. The number of aromatic nitrogens is 1. The number of benzene rings is 2. The highest BCUT2D eigenvalue weighted by Crippen LogP contribution is 2.25. The van der Waals surface area contributed by atoms with E-state index in [1.807, 2.05) is 0 Å². The van der Waals surface area contributed by atoms with Gasteiger partial charge < -0.3 is 9.32 Å². The standard InChI is InChI=1S/C18H17N3O5S/c1-20-15-9-4-12(11-16(15)26-18(20)23)19-27(24,25)14-7-5-13(6-8-14)21-10-2-3-17(21)22/h4-9,11,19H,2-3,10H2,1H3. The lowest BCUT2D eigenvalue weighted by Crippen LogP contribution is -2.23. The third kappa shape index (κ3) is 3.10. The van der Waals surface area contributed by atoms with E-state index >= 15 is 0 Å². The van der Waals surface area contributed by atoms with E-state index in [9.17, 15) is 18.0 Å². The van der Waals surface area contributed by atoms with Crippen molar-refractivity contribution in [3.05, 3.63) is 53.0 Å². The number of aryl methyl sites for hydroxylation is 1. The van der Waals surface area contributed by atoms with Crippen molar-refractivity contribution >= 4 is 38.4 Å². The molecule has 4 rings (SSSR count). The minimum Gasteiger partial charge on any atom is -0.408 e. The Hall–Kier alpha value is -3.07. The van der Waals surface area contributed by atoms with E-state index in [0.717, 1.165) is 6.42 Å².